The topological polar surface area (TPSA) is 105 Å². The van der Waals surface area contributed by atoms with Gasteiger partial charge in [0.15, 0.2) is 23.3 Å². The van der Waals surface area contributed by atoms with Gasteiger partial charge >= 0.3 is 0 Å². The van der Waals surface area contributed by atoms with Crippen LogP contribution in [0.1, 0.15) is 0 Å². The molecule has 126 heavy (non-hydrogen) atoms. The third-order valence-electron chi connectivity index (χ3n) is 23.9. The maximum absolute atomic E-state index is 5.05. The number of fused-ring (bicyclic) bond motifs is 21. The fraction of sp³-hybridized carbons (Fsp3) is 0. The summed E-state index contributed by atoms with van der Waals surface area (Å²) in [7, 11) is 0. The molecule has 0 atom stereocenters. The molecule has 0 bridgehead atoms. The first-order chi connectivity index (χ1) is 62.5. The number of benzene rings is 17. The van der Waals surface area contributed by atoms with Gasteiger partial charge in [-0.15, -0.1) is 34.0 Å². The Morgan fingerprint density at radius 1 is 0.175 bits per heavy atom. The van der Waals surface area contributed by atoms with Crippen molar-refractivity contribution in [3.63, 3.8) is 0 Å². The molecule has 17 aromatic carbocycles. The van der Waals surface area contributed by atoms with E-state index in [9.17, 15) is 0 Å². The predicted octanol–water partition coefficient (Wildman–Crippen LogP) is 30.6. The van der Waals surface area contributed by atoms with E-state index in [4.69, 9.17) is 34.9 Å². The molecule has 0 N–H and O–H groups in total. The van der Waals surface area contributed by atoms with Crippen molar-refractivity contribution in [1.82, 2.24) is 48.6 Å². The molecule has 0 saturated heterocycles. The third kappa shape index (κ3) is 12.9. The number of rotatable bonds is 11. The molecule has 0 aliphatic heterocycles. The van der Waals surface area contributed by atoms with E-state index in [2.05, 4.69) is 305 Å². The Balaban J connectivity index is 0.000000106. The Morgan fingerprint density at radius 2 is 0.500 bits per heavy atom. The summed E-state index contributed by atoms with van der Waals surface area (Å²) < 4.78 is 14.9. The summed E-state index contributed by atoms with van der Waals surface area (Å²) in [6, 6.07) is 149. The normalized spacial score (nSPS) is 11.7. The van der Waals surface area contributed by atoms with E-state index in [0.29, 0.717) is 17.6 Å². The first kappa shape index (κ1) is 73.9. The number of hydrogen-bond acceptors (Lipinski definition) is 10. The van der Waals surface area contributed by atoms with Gasteiger partial charge in [0, 0.05) is 144 Å². The molecule has 9 heterocycles. The maximum Gasteiger partial charge on any atom is 0.238 e. The van der Waals surface area contributed by atoms with Crippen molar-refractivity contribution in [3.8, 4) is 108 Å². The largest absolute Gasteiger partial charge is 0.309 e. The molecule has 0 unspecified atom stereocenters. The monoisotopic (exact) mass is 1660 g/mol. The summed E-state index contributed by atoms with van der Waals surface area (Å²) in [5, 5.41) is 15.3. The summed E-state index contributed by atoms with van der Waals surface area (Å²) >= 11 is 5.58. The highest BCUT2D eigenvalue weighted by Crippen LogP contribution is 2.48. The molecule has 0 aliphatic carbocycles. The van der Waals surface area contributed by atoms with Crippen molar-refractivity contribution in [3.05, 3.63) is 425 Å². The molecule has 0 aliphatic rings. The molecule has 26 aromatic rings. The Bertz CT molecular complexity index is 8510. The second-order valence-electron chi connectivity index (χ2n) is 31.4. The average Bonchev–Trinajstić information content (AvgIpc) is 1.57. The fourth-order valence-corrected chi connectivity index (χ4v) is 21.6. The van der Waals surface area contributed by atoms with Crippen LogP contribution in [-0.2, 0) is 0 Å². The lowest BCUT2D eigenvalue weighted by atomic mass is 10.1. The van der Waals surface area contributed by atoms with Crippen LogP contribution >= 0.6 is 34.0 Å². The molecular formula is C113H70N10S3. The van der Waals surface area contributed by atoms with Crippen LogP contribution in [0.5, 0.6) is 0 Å². The van der Waals surface area contributed by atoms with Crippen LogP contribution < -0.4 is 0 Å². The Hall–Kier alpha value is -16.0. The van der Waals surface area contributed by atoms with Gasteiger partial charge in [0.05, 0.1) is 60.6 Å². The molecule has 10 nitrogen and oxygen atoms in total. The van der Waals surface area contributed by atoms with Crippen LogP contribution in [0.4, 0.5) is 0 Å². The van der Waals surface area contributed by atoms with E-state index in [1.807, 2.05) is 167 Å². The summed E-state index contributed by atoms with van der Waals surface area (Å²) in [4.78, 5) is 35.0. The van der Waals surface area contributed by atoms with E-state index < -0.39 is 0 Å². The first-order valence-electron chi connectivity index (χ1n) is 42.1. The van der Waals surface area contributed by atoms with Gasteiger partial charge < -0.3 is 9.13 Å². The smallest absolute Gasteiger partial charge is 0.238 e. The quantitative estimate of drug-likeness (QED) is 0.127. The summed E-state index contributed by atoms with van der Waals surface area (Å²) in [5.74, 6) is 3.37. The van der Waals surface area contributed by atoms with Gasteiger partial charge in [-0.2, -0.15) is 9.97 Å². The second-order valence-corrected chi connectivity index (χ2v) is 34.6. The van der Waals surface area contributed by atoms with Gasteiger partial charge in [-0.3, -0.25) is 4.57 Å². The van der Waals surface area contributed by atoms with Gasteiger partial charge in [-0.25, -0.2) is 24.9 Å². The van der Waals surface area contributed by atoms with Crippen LogP contribution in [0.2, 0.25) is 0 Å². The van der Waals surface area contributed by atoms with Gasteiger partial charge in [0.1, 0.15) is 0 Å². The van der Waals surface area contributed by atoms with E-state index in [-0.39, 0.29) is 0 Å². The minimum Gasteiger partial charge on any atom is -0.309 e. The van der Waals surface area contributed by atoms with E-state index >= 15 is 0 Å². The van der Waals surface area contributed by atoms with E-state index in [1.165, 1.54) is 115 Å². The van der Waals surface area contributed by atoms with E-state index in [0.717, 1.165) is 101 Å². The first-order valence-corrected chi connectivity index (χ1v) is 44.5. The lowest BCUT2D eigenvalue weighted by Gasteiger charge is -2.12. The zero-order valence-corrected chi connectivity index (χ0v) is 70.1. The highest BCUT2D eigenvalue weighted by molar-refractivity contribution is 7.27. The zero-order chi connectivity index (χ0) is 83.1. The molecule has 0 amide bonds. The molecule has 0 saturated carbocycles. The van der Waals surface area contributed by atoms with Crippen molar-refractivity contribution >= 4 is 160 Å². The van der Waals surface area contributed by atoms with Crippen molar-refractivity contribution in [2.45, 2.75) is 0 Å². The Kier molecular flexibility index (Phi) is 18.3. The summed E-state index contributed by atoms with van der Waals surface area (Å²) in [6.07, 6.45) is 0. The van der Waals surface area contributed by atoms with Crippen molar-refractivity contribution in [1.29, 1.82) is 0 Å². The molecule has 13 heteroatoms. The number of nitrogens with zero attached hydrogens (tertiary/aromatic N) is 10. The second kappa shape index (κ2) is 31.1. The average molecular weight is 1660 g/mol. The number of hydrogen-bond donors (Lipinski definition) is 0. The molecule has 0 spiro atoms. The predicted molar refractivity (Wildman–Crippen MR) is 529 cm³/mol. The van der Waals surface area contributed by atoms with E-state index in [1.54, 1.807) is 0 Å². The van der Waals surface area contributed by atoms with Crippen molar-refractivity contribution < 1.29 is 0 Å². The summed E-state index contributed by atoms with van der Waals surface area (Å²) in [5.41, 5.74) is 21.2. The lowest BCUT2D eigenvalue weighted by molar-refractivity contribution is 0.953. The standard InChI is InChI=1S/2C40H25N3S.C33H20N4S/c1-3-11-26(12-4-1)33-25-34(42-40(41-33)28-13-5-2-6-14-28)27-19-21-29(22-20-27)43-35-17-9-7-15-30(35)31-23-24-37-38(39(31)43)32-16-8-10-18-36(32)44-37;1-3-11-26(12-4-1)34-25-35(42-40(41-34)28-13-5-2-6-14-28)27-19-21-29(22-20-27)43-36-17-9-7-15-30(36)32-23-24-33-31-16-8-10-18-37(31)44-39(33)38(32)43;1-3-11-21(12-4-1)31-34-32(22-13-5-2-6-14-22)36-33(35-31)37-25-17-9-7-15-23(25)29-26(37)19-20-28-30(29)24-16-8-10-18-27(24)38-28/h2*1-25H;1-20H. The minimum atomic E-state index is 0.614. The van der Waals surface area contributed by atoms with Crippen molar-refractivity contribution in [2.24, 2.45) is 0 Å². The van der Waals surface area contributed by atoms with Crippen molar-refractivity contribution in [2.75, 3.05) is 0 Å². The van der Waals surface area contributed by atoms with Crippen LogP contribution in [0.15, 0.2) is 425 Å². The molecule has 0 radical (unpaired) electrons. The molecule has 26 rings (SSSR count). The molecule has 0 fully saturated rings. The third-order valence-corrected chi connectivity index (χ3v) is 27.4. The summed E-state index contributed by atoms with van der Waals surface area (Å²) in [6.45, 7) is 0. The number of aromatic nitrogens is 10. The highest BCUT2D eigenvalue weighted by atomic mass is 32.1. The Morgan fingerprint density at radius 3 is 0.968 bits per heavy atom. The van der Waals surface area contributed by atoms with Gasteiger partial charge in [0.25, 0.3) is 0 Å². The van der Waals surface area contributed by atoms with Crippen LogP contribution in [-0.4, -0.2) is 48.6 Å². The highest BCUT2D eigenvalue weighted by Gasteiger charge is 2.25. The van der Waals surface area contributed by atoms with Gasteiger partial charge in [-0.05, 0) is 91.0 Å². The lowest BCUT2D eigenvalue weighted by Crippen LogP contribution is -2.06. The van der Waals surface area contributed by atoms with Crippen LogP contribution in [0, 0.1) is 0 Å². The number of thiophene rings is 3. The molecule has 590 valence electrons. The minimum absolute atomic E-state index is 0.614. The maximum atomic E-state index is 5.05. The van der Waals surface area contributed by atoms with Crippen LogP contribution in [0.25, 0.3) is 234 Å². The van der Waals surface area contributed by atoms with Crippen LogP contribution in [0.3, 0.4) is 0 Å². The zero-order valence-electron chi connectivity index (χ0n) is 67.6. The molecular weight excluding hydrogens is 1590 g/mol. The SMILES string of the molecule is c1ccc(-c2cc(-c3ccc(-n4c5ccccc5c5ccc6c7ccccc7sc6c54)cc3)nc(-c3ccccc3)n2)cc1.c1ccc(-c2cc(-c3ccc(-n4c5ccccc5c5ccc6sc7ccccc7c6c54)cc3)nc(-c3ccccc3)n2)cc1.c1ccc(-c2nc(-c3ccccc3)nc(-n3c4ccccc4c4c5c(ccc43)sc3ccccc35)n2)cc1. The molecule has 9 aromatic heterocycles. The Labute approximate surface area is 735 Å². The number of para-hydroxylation sites is 3. The van der Waals surface area contributed by atoms with Gasteiger partial charge in [0.2, 0.25) is 5.95 Å². The fourth-order valence-electron chi connectivity index (χ4n) is 18.1. The van der Waals surface area contributed by atoms with Gasteiger partial charge in [-0.1, -0.05) is 334 Å².